The minimum Gasteiger partial charge on any atom is -0.465 e. The molecule has 0 aliphatic heterocycles. The van der Waals surface area contributed by atoms with E-state index in [0.717, 1.165) is 11.3 Å². The summed E-state index contributed by atoms with van der Waals surface area (Å²) in [6.07, 6.45) is -4.85. The zero-order valence-corrected chi connectivity index (χ0v) is 13.1. The van der Waals surface area contributed by atoms with Gasteiger partial charge in [-0.3, -0.25) is 4.98 Å². The molecule has 24 heavy (non-hydrogen) atoms. The molecule has 2 aromatic rings. The van der Waals surface area contributed by atoms with Crippen LogP contribution in [0, 0.1) is 6.92 Å². The fraction of sp³-hybridized carbons (Fsp3) is 0.294. The predicted octanol–water partition coefficient (Wildman–Crippen LogP) is 4.41. The van der Waals surface area contributed by atoms with Gasteiger partial charge in [0, 0.05) is 17.8 Å². The van der Waals surface area contributed by atoms with Crippen LogP contribution in [0.25, 0.3) is 0 Å². The Bertz CT molecular complexity index is 715. The molecule has 0 saturated heterocycles. The Morgan fingerprint density at radius 1 is 1.17 bits per heavy atom. The summed E-state index contributed by atoms with van der Waals surface area (Å²) in [7, 11) is 0. The van der Waals surface area contributed by atoms with Gasteiger partial charge in [-0.1, -0.05) is 37.3 Å². The number of alkyl halides is 3. The van der Waals surface area contributed by atoms with Gasteiger partial charge in [0.1, 0.15) is 0 Å². The van der Waals surface area contributed by atoms with E-state index in [1.54, 1.807) is 42.7 Å². The molecule has 0 spiro atoms. The monoisotopic (exact) mass is 338 g/mol. The second kappa shape index (κ2) is 6.90. The van der Waals surface area contributed by atoms with Crippen LogP contribution in [0.4, 0.5) is 18.0 Å². The Labute approximate surface area is 137 Å². The van der Waals surface area contributed by atoms with Crippen molar-refractivity contribution in [3.63, 3.8) is 0 Å². The second-order valence-corrected chi connectivity index (χ2v) is 5.51. The zero-order valence-electron chi connectivity index (χ0n) is 13.1. The van der Waals surface area contributed by atoms with E-state index in [0.29, 0.717) is 5.56 Å². The molecule has 0 bridgehead atoms. The number of nitrogens with zero attached hydrogens (tertiary/aromatic N) is 1. The van der Waals surface area contributed by atoms with Gasteiger partial charge in [-0.05, 0) is 29.7 Å². The number of amides is 1. The van der Waals surface area contributed by atoms with Crippen LogP contribution in [0.1, 0.15) is 41.3 Å². The highest BCUT2D eigenvalue weighted by Gasteiger charge is 2.43. The first-order valence-electron chi connectivity index (χ1n) is 7.27. The van der Waals surface area contributed by atoms with Gasteiger partial charge in [0.25, 0.3) is 0 Å². The lowest BCUT2D eigenvalue weighted by atomic mass is 9.87. The largest absolute Gasteiger partial charge is 0.465 e. The van der Waals surface area contributed by atoms with Crippen LogP contribution in [0.5, 0.6) is 0 Å². The van der Waals surface area contributed by atoms with Crippen molar-refractivity contribution in [2.45, 2.75) is 32.0 Å². The van der Waals surface area contributed by atoms with Crippen molar-refractivity contribution >= 4 is 6.09 Å². The van der Waals surface area contributed by atoms with Crippen LogP contribution in [0.15, 0.2) is 42.6 Å². The number of aryl methyl sites for hydroxylation is 1. The number of carboxylic acid groups (broad SMARTS) is 1. The Kier molecular flexibility index (Phi) is 5.11. The number of hydrogen-bond donors (Lipinski definition) is 2. The maximum absolute atomic E-state index is 13.3. The third kappa shape index (κ3) is 4.04. The van der Waals surface area contributed by atoms with Gasteiger partial charge in [-0.15, -0.1) is 0 Å². The molecule has 0 saturated carbocycles. The summed E-state index contributed by atoms with van der Waals surface area (Å²) < 4.78 is 40.0. The van der Waals surface area contributed by atoms with Crippen LogP contribution in [0.3, 0.4) is 0 Å². The Morgan fingerprint density at radius 3 is 2.29 bits per heavy atom. The highest BCUT2D eigenvalue weighted by atomic mass is 19.4. The van der Waals surface area contributed by atoms with Gasteiger partial charge in [0.05, 0.1) is 0 Å². The highest BCUT2D eigenvalue weighted by Crippen LogP contribution is 2.38. The number of aromatic nitrogens is 1. The quantitative estimate of drug-likeness (QED) is 0.868. The molecule has 0 aliphatic carbocycles. The number of hydrogen-bond acceptors (Lipinski definition) is 2. The number of benzene rings is 1. The first kappa shape index (κ1) is 17.8. The van der Waals surface area contributed by atoms with Crippen molar-refractivity contribution < 1.29 is 23.1 Å². The van der Waals surface area contributed by atoms with Gasteiger partial charge in [0.15, 0.2) is 6.04 Å². The van der Waals surface area contributed by atoms with Gasteiger partial charge < -0.3 is 10.4 Å². The van der Waals surface area contributed by atoms with E-state index < -0.39 is 18.3 Å². The summed E-state index contributed by atoms with van der Waals surface area (Å²) in [4.78, 5) is 15.0. The van der Waals surface area contributed by atoms with Crippen molar-refractivity contribution in [2.75, 3.05) is 0 Å². The summed E-state index contributed by atoms with van der Waals surface area (Å²) in [5, 5.41) is 10.3. The SMILES string of the molecule is Cc1ccc([C@H](C)c2ccccc2[C@@H](NC(=O)O)C(F)(F)F)cn1. The highest BCUT2D eigenvalue weighted by molar-refractivity contribution is 5.65. The topological polar surface area (TPSA) is 62.2 Å². The van der Waals surface area contributed by atoms with Crippen LogP contribution in [0.2, 0.25) is 0 Å². The number of nitrogens with one attached hydrogen (secondary N) is 1. The molecule has 1 aromatic carbocycles. The van der Waals surface area contributed by atoms with Gasteiger partial charge in [-0.2, -0.15) is 13.2 Å². The number of pyridine rings is 1. The summed E-state index contributed by atoms with van der Waals surface area (Å²) >= 11 is 0. The molecular formula is C17H17F3N2O2. The van der Waals surface area contributed by atoms with E-state index in [1.807, 2.05) is 6.92 Å². The molecule has 2 N–H and O–H groups in total. The molecule has 128 valence electrons. The molecule has 1 aromatic heterocycles. The summed E-state index contributed by atoms with van der Waals surface area (Å²) in [6.45, 7) is 3.58. The first-order chi connectivity index (χ1) is 11.2. The Balaban J connectivity index is 2.48. The van der Waals surface area contributed by atoms with Crippen molar-refractivity contribution in [1.82, 2.24) is 10.3 Å². The summed E-state index contributed by atoms with van der Waals surface area (Å²) in [5.74, 6) is -0.366. The molecule has 2 atom stereocenters. The minimum absolute atomic E-state index is 0.111. The Hall–Kier alpha value is -2.57. The van der Waals surface area contributed by atoms with E-state index in [2.05, 4.69) is 4.98 Å². The smallest absolute Gasteiger partial charge is 0.412 e. The summed E-state index contributed by atoms with van der Waals surface area (Å²) in [6, 6.07) is 7.25. The van der Waals surface area contributed by atoms with Crippen molar-refractivity contribution in [3.05, 3.63) is 65.0 Å². The number of halogens is 3. The fourth-order valence-electron chi connectivity index (χ4n) is 2.54. The normalized spacial score (nSPS) is 14.0. The zero-order chi connectivity index (χ0) is 17.9. The van der Waals surface area contributed by atoms with Gasteiger partial charge >= 0.3 is 12.3 Å². The van der Waals surface area contributed by atoms with E-state index in [-0.39, 0.29) is 11.5 Å². The number of carbonyl (C=O) groups is 1. The maximum atomic E-state index is 13.3. The van der Waals surface area contributed by atoms with Gasteiger partial charge in [-0.25, -0.2) is 4.79 Å². The molecule has 2 rings (SSSR count). The van der Waals surface area contributed by atoms with Crippen LogP contribution < -0.4 is 5.32 Å². The fourth-order valence-corrected chi connectivity index (χ4v) is 2.54. The van der Waals surface area contributed by atoms with Gasteiger partial charge in [0.2, 0.25) is 0 Å². The van der Waals surface area contributed by atoms with E-state index in [1.165, 1.54) is 12.1 Å². The predicted molar refractivity (Wildman–Crippen MR) is 82.9 cm³/mol. The molecule has 0 fully saturated rings. The molecule has 4 nitrogen and oxygen atoms in total. The lowest BCUT2D eigenvalue weighted by Crippen LogP contribution is -2.38. The average molecular weight is 338 g/mol. The lowest BCUT2D eigenvalue weighted by molar-refractivity contribution is -0.156. The first-order valence-corrected chi connectivity index (χ1v) is 7.27. The molecule has 7 heteroatoms. The van der Waals surface area contributed by atoms with E-state index >= 15 is 0 Å². The molecule has 0 unspecified atom stereocenters. The second-order valence-electron chi connectivity index (χ2n) is 5.51. The third-order valence-electron chi connectivity index (χ3n) is 3.80. The van der Waals surface area contributed by atoms with Crippen molar-refractivity contribution in [2.24, 2.45) is 0 Å². The molecule has 0 aliphatic rings. The molecular weight excluding hydrogens is 321 g/mol. The maximum Gasteiger partial charge on any atom is 0.412 e. The van der Waals surface area contributed by atoms with Crippen molar-refractivity contribution in [1.29, 1.82) is 0 Å². The molecule has 1 heterocycles. The van der Waals surface area contributed by atoms with Crippen molar-refractivity contribution in [3.8, 4) is 0 Å². The van der Waals surface area contributed by atoms with Crippen LogP contribution in [-0.4, -0.2) is 22.4 Å². The van der Waals surface area contributed by atoms with Crippen LogP contribution in [-0.2, 0) is 0 Å². The van der Waals surface area contributed by atoms with E-state index in [9.17, 15) is 18.0 Å². The van der Waals surface area contributed by atoms with E-state index in [4.69, 9.17) is 5.11 Å². The third-order valence-corrected chi connectivity index (χ3v) is 3.80. The average Bonchev–Trinajstić information content (AvgIpc) is 2.51. The Morgan fingerprint density at radius 2 is 1.79 bits per heavy atom. The molecule has 1 amide bonds. The van der Waals surface area contributed by atoms with Crippen LogP contribution >= 0.6 is 0 Å². The minimum atomic E-state index is -4.74. The summed E-state index contributed by atoms with van der Waals surface area (Å²) in [5.41, 5.74) is 1.85. The standard InChI is InChI=1S/C17H17F3N2O2/c1-10-7-8-12(9-21-10)11(2)13-5-3-4-6-14(13)15(17(18,19)20)22-16(23)24/h3-9,11,15,22H,1-2H3,(H,23,24)/t11-,15+/m0/s1. The molecule has 0 radical (unpaired) electrons. The lowest BCUT2D eigenvalue weighted by Gasteiger charge is -2.25. The number of rotatable bonds is 4.